The van der Waals surface area contributed by atoms with E-state index in [1.807, 2.05) is 0 Å². The number of carbonyl (C=O) groups is 9. The Morgan fingerprint density at radius 2 is 1.11 bits per heavy atom. The van der Waals surface area contributed by atoms with Crippen LogP contribution >= 0.6 is 0 Å². The number of esters is 3. The van der Waals surface area contributed by atoms with Crippen molar-refractivity contribution in [1.29, 1.82) is 0 Å². The van der Waals surface area contributed by atoms with Crippen LogP contribution < -0.4 is 16.0 Å². The van der Waals surface area contributed by atoms with E-state index in [-0.39, 0.29) is 108 Å². The Hall–Kier alpha value is -7.87. The maximum atomic E-state index is 12.8. The smallest absolute Gasteiger partial charge is 0.407 e. The van der Waals surface area contributed by atoms with Gasteiger partial charge in [0.25, 0.3) is 0 Å². The zero-order chi connectivity index (χ0) is 55.1. The second-order valence-corrected chi connectivity index (χ2v) is 16.9. The third-order valence-electron chi connectivity index (χ3n) is 10.5. The average molecular weight is 1060 g/mol. The van der Waals surface area contributed by atoms with Gasteiger partial charge in [-0.1, -0.05) is 33.5 Å². The minimum absolute atomic E-state index is 0.00368. The molecule has 0 fully saturated rings. The fourth-order valence-corrected chi connectivity index (χ4v) is 6.66. The highest BCUT2D eigenvalue weighted by molar-refractivity contribution is 5.86. The second-order valence-electron chi connectivity index (χ2n) is 16.9. The molecule has 3 amide bonds. The highest BCUT2D eigenvalue weighted by atomic mass is 16.6. The van der Waals surface area contributed by atoms with Crippen LogP contribution in [-0.4, -0.2) is 154 Å². The van der Waals surface area contributed by atoms with E-state index in [4.69, 9.17) is 39.5 Å². The topological polar surface area (TPSA) is 404 Å². The molecule has 2 aromatic rings. The molecular formula is C45H69N15O15. The fraction of sp³-hybridized carbons (Fsp3) is 0.711. The molecule has 0 bridgehead atoms. The first-order valence-electron chi connectivity index (χ1n) is 24.7. The van der Waals surface area contributed by atoms with Gasteiger partial charge < -0.3 is 44.4 Å². The Balaban J connectivity index is 1.61. The molecule has 0 spiro atoms. The van der Waals surface area contributed by atoms with E-state index in [0.29, 0.717) is 95.1 Å². The van der Waals surface area contributed by atoms with Crippen molar-refractivity contribution in [2.24, 2.45) is 10.2 Å². The van der Waals surface area contributed by atoms with Crippen LogP contribution in [0.4, 0.5) is 14.4 Å². The Labute approximate surface area is 432 Å². The highest BCUT2D eigenvalue weighted by Gasteiger charge is 2.21. The van der Waals surface area contributed by atoms with Gasteiger partial charge in [0.1, 0.15) is 18.5 Å². The number of hydrogen-bond acceptors (Lipinski definition) is 21. The van der Waals surface area contributed by atoms with Gasteiger partial charge in [0.2, 0.25) is 0 Å². The van der Waals surface area contributed by atoms with Gasteiger partial charge in [0.15, 0.2) is 11.6 Å². The number of carbonyl (C=O) groups excluding carboxylic acids is 9. The number of aromatic nitrogens is 6. The minimum Gasteiger partial charge on any atom is -0.466 e. The summed E-state index contributed by atoms with van der Waals surface area (Å²) in [4.78, 5) is 115. The van der Waals surface area contributed by atoms with Gasteiger partial charge in [-0.3, -0.25) is 38.1 Å². The third-order valence-corrected chi connectivity index (χ3v) is 10.5. The number of aryl methyl sites for hydroxylation is 2. The first-order chi connectivity index (χ1) is 36.1. The van der Waals surface area contributed by atoms with Crippen molar-refractivity contribution in [3.8, 4) is 0 Å². The van der Waals surface area contributed by atoms with E-state index < -0.39 is 48.4 Å². The summed E-state index contributed by atoms with van der Waals surface area (Å²) < 4.78 is 34.0. The maximum absolute atomic E-state index is 12.8. The Morgan fingerprint density at radius 3 is 1.65 bits per heavy atom. The van der Waals surface area contributed by atoms with Crippen LogP contribution in [0, 0.1) is 0 Å². The van der Waals surface area contributed by atoms with Crippen LogP contribution in [0.3, 0.4) is 0 Å². The van der Waals surface area contributed by atoms with Crippen LogP contribution in [0.5, 0.6) is 0 Å². The van der Waals surface area contributed by atoms with Crippen molar-refractivity contribution < 1.29 is 71.6 Å². The van der Waals surface area contributed by atoms with Gasteiger partial charge in [0.05, 0.1) is 62.7 Å². The number of amides is 3. The number of ketones is 3. The number of rotatable bonds is 41. The molecule has 0 aliphatic carbocycles. The predicted octanol–water partition coefficient (Wildman–Crippen LogP) is 4.42. The van der Waals surface area contributed by atoms with E-state index in [2.05, 4.69) is 56.6 Å². The highest BCUT2D eigenvalue weighted by Crippen LogP contribution is 2.11. The average Bonchev–Trinajstić information content (AvgIpc) is 4.02. The molecule has 3 atom stereocenters. The number of nitrogens with zero attached hydrogens (tertiary/aromatic N) is 12. The van der Waals surface area contributed by atoms with Crippen LogP contribution in [0.15, 0.2) is 22.6 Å². The van der Waals surface area contributed by atoms with Crippen molar-refractivity contribution in [2.45, 2.75) is 155 Å². The van der Waals surface area contributed by atoms with Crippen molar-refractivity contribution in [2.75, 3.05) is 52.7 Å². The number of alkyl carbamates (subject to hydrolysis) is 3. The number of hydrogen-bond donors (Lipinski definition) is 3. The van der Waals surface area contributed by atoms with Crippen molar-refractivity contribution >= 4 is 53.5 Å². The largest absolute Gasteiger partial charge is 0.466 e. The summed E-state index contributed by atoms with van der Waals surface area (Å²) >= 11 is 0. The number of unbranched alkanes of at least 4 members (excludes halogenated alkanes) is 3. The van der Waals surface area contributed by atoms with Crippen LogP contribution in [0.2, 0.25) is 0 Å². The molecule has 0 aliphatic rings. The Kier molecular flexibility index (Phi) is 32.6. The fourth-order valence-electron chi connectivity index (χ4n) is 6.66. The van der Waals surface area contributed by atoms with Crippen molar-refractivity contribution in [3.63, 3.8) is 0 Å². The molecule has 2 heterocycles. The van der Waals surface area contributed by atoms with Crippen molar-refractivity contribution in [3.05, 3.63) is 44.7 Å². The minimum atomic E-state index is -0.894. The van der Waals surface area contributed by atoms with E-state index in [1.165, 1.54) is 36.3 Å². The lowest BCUT2D eigenvalue weighted by molar-refractivity contribution is -0.157. The molecule has 2 aromatic heterocycles. The molecule has 30 nitrogen and oxygen atoms in total. The maximum Gasteiger partial charge on any atom is 0.407 e. The molecule has 0 aliphatic heterocycles. The second kappa shape index (κ2) is 38.7. The normalized spacial score (nSPS) is 11.8. The zero-order valence-corrected chi connectivity index (χ0v) is 42.8. The van der Waals surface area contributed by atoms with Gasteiger partial charge in [-0.05, 0) is 76.3 Å². The standard InChI is InChI=1S/C45H69N15O15/c1-32(61)39(51-44(68)72-24-10-20-50-56-47)13-5-4-6-15-41(65)70-25-11-21-59-29-35(53-57-59)27-37(64)16-17-38(75-34(3)63)31-74-42(66)28-36-30-60(58-54-36)22-12-26-73-45(69)52-40(33(2)62)14-7-8-18-48-43(67)71-23-9-19-49-55-46/h29-30,38-40H,4-28,31H2,1-3H3,(H,48,67)(H,51,68)(H,52,69). The molecule has 0 radical (unpaired) electrons. The SMILES string of the molecule is CC(=O)OC(CCC(=O)Cc1cn(CCCOC(=O)CCCCCC(NC(=O)OCCCN=[N+]=[N-])C(C)=O)nn1)COC(=O)Cc1cn(CCCOC(=O)NC(CCCCNC(=O)OCCCN=[N+]=[N-])C(C)=O)nn1. The van der Waals surface area contributed by atoms with Gasteiger partial charge in [-0.15, -0.1) is 10.2 Å². The molecule has 0 saturated heterocycles. The molecule has 30 heteroatoms. The number of ether oxygens (including phenoxy) is 6. The monoisotopic (exact) mass is 1060 g/mol. The molecule has 414 valence electrons. The summed E-state index contributed by atoms with van der Waals surface area (Å²) in [5, 5.41) is 30.3. The lowest BCUT2D eigenvalue weighted by Crippen LogP contribution is -2.40. The number of Topliss-reactive ketones (excluding diaryl/α,β-unsaturated/α-hetero) is 3. The van der Waals surface area contributed by atoms with Crippen molar-refractivity contribution in [1.82, 2.24) is 45.9 Å². The Morgan fingerprint density at radius 1 is 0.587 bits per heavy atom. The Bertz CT molecular complexity index is 2230. The summed E-state index contributed by atoms with van der Waals surface area (Å²) in [7, 11) is 0. The molecule has 0 saturated carbocycles. The number of azide groups is 2. The van der Waals surface area contributed by atoms with Gasteiger partial charge in [-0.25, -0.2) is 14.4 Å². The molecular weight excluding hydrogens is 991 g/mol. The van der Waals surface area contributed by atoms with E-state index >= 15 is 0 Å². The van der Waals surface area contributed by atoms with E-state index in [1.54, 1.807) is 6.20 Å². The summed E-state index contributed by atoms with van der Waals surface area (Å²) in [5.41, 5.74) is 17.2. The molecule has 2 rings (SSSR count). The van der Waals surface area contributed by atoms with E-state index in [9.17, 15) is 43.2 Å². The molecule has 0 aromatic carbocycles. The predicted molar refractivity (Wildman–Crippen MR) is 260 cm³/mol. The summed E-state index contributed by atoms with van der Waals surface area (Å²) in [6, 6.07) is -1.49. The number of nitrogens with one attached hydrogen (secondary N) is 3. The molecule has 3 unspecified atom stereocenters. The van der Waals surface area contributed by atoms with Crippen LogP contribution in [0.1, 0.15) is 122 Å². The zero-order valence-electron chi connectivity index (χ0n) is 42.8. The first-order valence-corrected chi connectivity index (χ1v) is 24.7. The lowest BCUT2D eigenvalue weighted by atomic mass is 10.0. The molecule has 3 N–H and O–H groups in total. The molecule has 75 heavy (non-hydrogen) atoms. The van der Waals surface area contributed by atoms with Crippen LogP contribution in [0.25, 0.3) is 20.9 Å². The van der Waals surface area contributed by atoms with Gasteiger partial charge in [0, 0.05) is 87.5 Å². The van der Waals surface area contributed by atoms with Gasteiger partial charge >= 0.3 is 36.2 Å². The van der Waals surface area contributed by atoms with Gasteiger partial charge in [-0.2, -0.15) is 0 Å². The third kappa shape index (κ3) is 32.0. The van der Waals surface area contributed by atoms with Crippen LogP contribution in [-0.2, 0) is 83.1 Å². The summed E-state index contributed by atoms with van der Waals surface area (Å²) in [6.45, 7) is 5.28. The summed E-state index contributed by atoms with van der Waals surface area (Å²) in [5.74, 6) is -2.37. The quantitative estimate of drug-likeness (QED) is 0.0207. The first kappa shape index (κ1) is 63.2. The summed E-state index contributed by atoms with van der Waals surface area (Å²) in [6.07, 6.45) is 5.14. The lowest BCUT2D eigenvalue weighted by Gasteiger charge is -2.16. The van der Waals surface area contributed by atoms with E-state index in [0.717, 1.165) is 0 Å².